The van der Waals surface area contributed by atoms with Crippen molar-refractivity contribution in [1.29, 1.82) is 0 Å². The Morgan fingerprint density at radius 3 is 2.85 bits per heavy atom. The zero-order valence-electron chi connectivity index (χ0n) is 11.4. The maximum absolute atomic E-state index is 11.7. The van der Waals surface area contributed by atoms with Crippen molar-refractivity contribution in [2.24, 2.45) is 7.05 Å². The summed E-state index contributed by atoms with van der Waals surface area (Å²) in [5, 5.41) is 11.1. The van der Waals surface area contributed by atoms with Gasteiger partial charge in [-0.2, -0.15) is 0 Å². The van der Waals surface area contributed by atoms with E-state index in [9.17, 15) is 14.4 Å². The van der Waals surface area contributed by atoms with Gasteiger partial charge in [-0.1, -0.05) is 0 Å². The average molecular weight is 285 g/mol. The summed E-state index contributed by atoms with van der Waals surface area (Å²) in [6.45, 7) is 0.985. The fourth-order valence-electron chi connectivity index (χ4n) is 1.52. The molecule has 112 valence electrons. The molecule has 0 aromatic carbocycles. The lowest BCUT2D eigenvalue weighted by Gasteiger charge is -2.08. The van der Waals surface area contributed by atoms with Crippen LogP contribution < -0.4 is 16.6 Å². The minimum absolute atomic E-state index is 0.0258. The lowest BCUT2D eigenvalue weighted by atomic mass is 10.4. The van der Waals surface area contributed by atoms with Gasteiger partial charge in [-0.15, -0.1) is 0 Å². The quantitative estimate of drug-likeness (QED) is 0.541. The number of carbonyl (C=O) groups is 1. The Morgan fingerprint density at radius 1 is 1.40 bits per heavy atom. The number of aromatic nitrogens is 2. The summed E-state index contributed by atoms with van der Waals surface area (Å²) in [7, 11) is 1.36. The topological polar surface area (TPSA) is 103 Å². The van der Waals surface area contributed by atoms with Crippen LogP contribution in [0.3, 0.4) is 0 Å². The zero-order chi connectivity index (χ0) is 15.0. The van der Waals surface area contributed by atoms with E-state index in [1.807, 2.05) is 0 Å². The molecule has 20 heavy (non-hydrogen) atoms. The van der Waals surface area contributed by atoms with Crippen LogP contribution in [0.2, 0.25) is 0 Å². The van der Waals surface area contributed by atoms with E-state index in [0.717, 1.165) is 4.57 Å². The minimum Gasteiger partial charge on any atom is -0.394 e. The minimum atomic E-state index is -0.529. The van der Waals surface area contributed by atoms with Crippen molar-refractivity contribution in [3.63, 3.8) is 0 Å². The number of hydrogen-bond donors (Lipinski definition) is 2. The van der Waals surface area contributed by atoms with Gasteiger partial charge in [-0.3, -0.25) is 18.7 Å². The van der Waals surface area contributed by atoms with Gasteiger partial charge in [0.25, 0.3) is 5.56 Å². The van der Waals surface area contributed by atoms with E-state index in [-0.39, 0.29) is 25.7 Å². The molecule has 2 N–H and O–H groups in total. The van der Waals surface area contributed by atoms with E-state index in [1.54, 1.807) is 0 Å². The zero-order valence-corrected chi connectivity index (χ0v) is 11.4. The first kappa shape index (κ1) is 16.1. The molecular weight excluding hydrogens is 266 g/mol. The number of nitrogens with zero attached hydrogens (tertiary/aromatic N) is 2. The van der Waals surface area contributed by atoms with Crippen molar-refractivity contribution < 1.29 is 14.6 Å². The molecule has 0 aliphatic heterocycles. The lowest BCUT2D eigenvalue weighted by molar-refractivity contribution is -0.121. The average Bonchev–Trinajstić information content (AvgIpc) is 2.43. The molecule has 0 unspecified atom stereocenters. The van der Waals surface area contributed by atoms with Gasteiger partial charge >= 0.3 is 5.69 Å². The highest BCUT2D eigenvalue weighted by molar-refractivity contribution is 5.75. The second-order valence-electron chi connectivity index (χ2n) is 4.16. The molecule has 0 radical (unpaired) electrons. The molecule has 0 bridgehead atoms. The third-order valence-corrected chi connectivity index (χ3v) is 2.60. The molecular formula is C12H19N3O5. The number of ether oxygens (including phenoxy) is 1. The smallest absolute Gasteiger partial charge is 0.331 e. The van der Waals surface area contributed by atoms with Crippen molar-refractivity contribution in [2.75, 3.05) is 26.4 Å². The van der Waals surface area contributed by atoms with Crippen LogP contribution in [0.15, 0.2) is 21.9 Å². The van der Waals surface area contributed by atoms with Crippen LogP contribution >= 0.6 is 0 Å². The Labute approximate surface area is 115 Å². The van der Waals surface area contributed by atoms with Gasteiger partial charge in [0.1, 0.15) is 6.54 Å². The molecule has 1 heterocycles. The maximum atomic E-state index is 11.7. The molecule has 0 fully saturated rings. The molecule has 0 saturated heterocycles. The van der Waals surface area contributed by atoms with E-state index in [0.29, 0.717) is 19.6 Å². The van der Waals surface area contributed by atoms with Crippen LogP contribution in [0.1, 0.15) is 6.42 Å². The number of aliphatic hydroxyl groups is 1. The highest BCUT2D eigenvalue weighted by atomic mass is 16.5. The molecule has 8 heteroatoms. The molecule has 0 spiro atoms. The van der Waals surface area contributed by atoms with Gasteiger partial charge < -0.3 is 15.2 Å². The van der Waals surface area contributed by atoms with E-state index in [4.69, 9.17) is 9.84 Å². The second-order valence-corrected chi connectivity index (χ2v) is 4.16. The third kappa shape index (κ3) is 4.98. The normalized spacial score (nSPS) is 10.5. The first-order chi connectivity index (χ1) is 9.56. The Kier molecular flexibility index (Phi) is 6.68. The molecule has 0 aliphatic carbocycles. The van der Waals surface area contributed by atoms with Crippen molar-refractivity contribution in [2.45, 2.75) is 13.0 Å². The van der Waals surface area contributed by atoms with E-state index in [2.05, 4.69) is 5.32 Å². The number of aliphatic hydroxyl groups excluding tert-OH is 1. The van der Waals surface area contributed by atoms with Gasteiger partial charge in [0.2, 0.25) is 5.91 Å². The van der Waals surface area contributed by atoms with E-state index < -0.39 is 11.2 Å². The molecule has 0 saturated carbocycles. The Morgan fingerprint density at radius 2 is 2.15 bits per heavy atom. The van der Waals surface area contributed by atoms with Crippen molar-refractivity contribution >= 4 is 5.91 Å². The fourth-order valence-corrected chi connectivity index (χ4v) is 1.52. The van der Waals surface area contributed by atoms with Gasteiger partial charge in [-0.25, -0.2) is 4.79 Å². The summed E-state index contributed by atoms with van der Waals surface area (Å²) in [5.74, 6) is -0.312. The van der Waals surface area contributed by atoms with Crippen molar-refractivity contribution in [1.82, 2.24) is 14.5 Å². The summed E-state index contributed by atoms with van der Waals surface area (Å²) in [6.07, 6.45) is 1.92. The molecule has 0 atom stereocenters. The Hall–Kier alpha value is -1.93. The second kappa shape index (κ2) is 8.28. The largest absolute Gasteiger partial charge is 0.394 e. The van der Waals surface area contributed by atoms with Crippen LogP contribution in [-0.2, 0) is 23.1 Å². The first-order valence-electron chi connectivity index (χ1n) is 6.28. The predicted molar refractivity (Wildman–Crippen MR) is 71.5 cm³/mol. The molecule has 1 aromatic heterocycles. The highest BCUT2D eigenvalue weighted by Gasteiger charge is 2.06. The molecule has 1 rings (SSSR count). The summed E-state index contributed by atoms with van der Waals surface area (Å²) in [5.41, 5.74) is -0.938. The molecule has 1 aromatic rings. The SMILES string of the molecule is Cn1c(=O)ccn(CC(=O)NCCCOCCO)c1=O. The van der Waals surface area contributed by atoms with Crippen molar-refractivity contribution in [3.8, 4) is 0 Å². The maximum Gasteiger partial charge on any atom is 0.331 e. The summed E-state index contributed by atoms with van der Waals surface area (Å²) in [6, 6.07) is 1.23. The summed E-state index contributed by atoms with van der Waals surface area (Å²) in [4.78, 5) is 34.5. The van der Waals surface area contributed by atoms with E-state index >= 15 is 0 Å². The first-order valence-corrected chi connectivity index (χ1v) is 6.28. The standard InChI is InChI=1S/C12H19N3O5/c1-14-11(18)3-5-15(12(14)19)9-10(17)13-4-2-7-20-8-6-16/h3,5,16H,2,4,6-9H2,1H3,(H,13,17). The van der Waals surface area contributed by atoms with Gasteiger partial charge in [0, 0.05) is 32.5 Å². The van der Waals surface area contributed by atoms with Crippen LogP contribution in [0.4, 0.5) is 0 Å². The van der Waals surface area contributed by atoms with Crippen molar-refractivity contribution in [3.05, 3.63) is 33.1 Å². The number of rotatable bonds is 8. The molecule has 1 amide bonds. The molecule has 8 nitrogen and oxygen atoms in total. The predicted octanol–water partition coefficient (Wildman–Crippen LogP) is -1.94. The Balaban J connectivity index is 2.38. The van der Waals surface area contributed by atoms with Crippen LogP contribution in [-0.4, -0.2) is 46.5 Å². The number of nitrogens with one attached hydrogen (secondary N) is 1. The van der Waals surface area contributed by atoms with Crippen LogP contribution in [0, 0.1) is 0 Å². The van der Waals surface area contributed by atoms with Gasteiger partial charge in [0.05, 0.1) is 13.2 Å². The third-order valence-electron chi connectivity index (χ3n) is 2.60. The lowest BCUT2D eigenvalue weighted by Crippen LogP contribution is -2.40. The van der Waals surface area contributed by atoms with Crippen LogP contribution in [0.5, 0.6) is 0 Å². The summed E-state index contributed by atoms with van der Waals surface area (Å²) >= 11 is 0. The van der Waals surface area contributed by atoms with E-state index in [1.165, 1.54) is 23.9 Å². The number of amides is 1. The number of carbonyl (C=O) groups excluding carboxylic acids is 1. The summed E-state index contributed by atoms with van der Waals surface area (Å²) < 4.78 is 7.14. The van der Waals surface area contributed by atoms with Crippen LogP contribution in [0.25, 0.3) is 0 Å². The van der Waals surface area contributed by atoms with Gasteiger partial charge in [0.15, 0.2) is 0 Å². The fraction of sp³-hybridized carbons (Fsp3) is 0.583. The molecule has 0 aliphatic rings. The monoisotopic (exact) mass is 285 g/mol. The number of hydrogen-bond acceptors (Lipinski definition) is 5. The van der Waals surface area contributed by atoms with Gasteiger partial charge in [-0.05, 0) is 6.42 Å². The Bertz CT molecular complexity index is 549. The highest BCUT2D eigenvalue weighted by Crippen LogP contribution is 1.83.